The molecule has 0 fully saturated rings. The second kappa shape index (κ2) is 7.45. The number of benzene rings is 2. The van der Waals surface area contributed by atoms with Crippen LogP contribution in [0.1, 0.15) is 33.1 Å². The molecule has 0 bridgehead atoms. The summed E-state index contributed by atoms with van der Waals surface area (Å²) in [5.74, 6) is 0.0648. The number of hydrogen-bond acceptors (Lipinski definition) is 5. The molecule has 33 heavy (non-hydrogen) atoms. The fourth-order valence-corrected chi connectivity index (χ4v) is 4.37. The van der Waals surface area contributed by atoms with Crippen LogP contribution >= 0.6 is 0 Å². The molecule has 10 heteroatoms. The van der Waals surface area contributed by atoms with Crippen molar-refractivity contribution in [1.29, 1.82) is 0 Å². The SMILES string of the molecule is CN(C(=O)c1ccc2nc(N)c3c(cnn3C)c2c1)[C@@H]1COCc2cc(C(F)(F)F)ccc21. The first-order valence-electron chi connectivity index (χ1n) is 10.2. The lowest BCUT2D eigenvalue weighted by molar-refractivity contribution is -0.137. The highest BCUT2D eigenvalue weighted by Crippen LogP contribution is 2.36. The van der Waals surface area contributed by atoms with Gasteiger partial charge in [-0.1, -0.05) is 6.07 Å². The lowest BCUT2D eigenvalue weighted by atomic mass is 9.95. The molecule has 0 saturated heterocycles. The minimum absolute atomic E-state index is 0.0693. The Morgan fingerprint density at radius 1 is 1.21 bits per heavy atom. The molecule has 0 spiro atoms. The zero-order valence-corrected chi connectivity index (χ0v) is 17.8. The number of likely N-dealkylation sites (N-methyl/N-ethyl adjacent to an activating group) is 1. The molecule has 1 aliphatic heterocycles. The minimum Gasteiger partial charge on any atom is -0.382 e. The Hall–Kier alpha value is -3.66. The number of hydrogen-bond donors (Lipinski definition) is 1. The number of halogens is 3. The van der Waals surface area contributed by atoms with E-state index >= 15 is 0 Å². The highest BCUT2D eigenvalue weighted by molar-refractivity contribution is 6.10. The molecular formula is C23H20F3N5O2. The van der Waals surface area contributed by atoms with Gasteiger partial charge in [-0.15, -0.1) is 0 Å². The van der Waals surface area contributed by atoms with E-state index in [-0.39, 0.29) is 19.1 Å². The standard InChI is InChI=1S/C23H20F3N5O2/c1-30(19-11-33-10-13-7-14(23(24,25)26)4-5-15(13)19)22(32)12-3-6-18-16(8-12)17-9-28-31(2)20(17)21(27)29-18/h3-9,19H,10-11H2,1-2H3,(H2,27,29)/t19-/m1/s1. The summed E-state index contributed by atoms with van der Waals surface area (Å²) in [4.78, 5) is 19.3. The fraction of sp³-hybridized carbons (Fsp3) is 0.261. The van der Waals surface area contributed by atoms with Gasteiger partial charge in [0.2, 0.25) is 0 Å². The Balaban J connectivity index is 1.52. The molecule has 0 unspecified atom stereocenters. The van der Waals surface area contributed by atoms with Crippen molar-refractivity contribution in [3.05, 3.63) is 64.8 Å². The third-order valence-electron chi connectivity index (χ3n) is 6.11. The first kappa shape index (κ1) is 21.2. The Morgan fingerprint density at radius 2 is 2.00 bits per heavy atom. The van der Waals surface area contributed by atoms with Crippen molar-refractivity contribution in [2.75, 3.05) is 19.4 Å². The van der Waals surface area contributed by atoms with Gasteiger partial charge in [0.1, 0.15) is 11.3 Å². The van der Waals surface area contributed by atoms with Crippen LogP contribution in [0.25, 0.3) is 21.8 Å². The van der Waals surface area contributed by atoms with Crippen molar-refractivity contribution in [3.63, 3.8) is 0 Å². The molecule has 3 heterocycles. The molecule has 1 aliphatic rings. The van der Waals surface area contributed by atoms with Gasteiger partial charge >= 0.3 is 6.18 Å². The number of rotatable bonds is 2. The summed E-state index contributed by atoms with van der Waals surface area (Å²) >= 11 is 0. The van der Waals surface area contributed by atoms with Gasteiger partial charge in [0.25, 0.3) is 5.91 Å². The molecule has 1 amide bonds. The summed E-state index contributed by atoms with van der Waals surface area (Å²) in [7, 11) is 3.38. The second-order valence-electron chi connectivity index (χ2n) is 8.12. The third-order valence-corrected chi connectivity index (χ3v) is 6.11. The number of pyridine rings is 1. The maximum Gasteiger partial charge on any atom is 0.416 e. The summed E-state index contributed by atoms with van der Waals surface area (Å²) < 4.78 is 46.5. The zero-order valence-electron chi connectivity index (χ0n) is 17.8. The van der Waals surface area contributed by atoms with Crippen LogP contribution in [0.5, 0.6) is 0 Å². The average Bonchev–Trinajstić information content (AvgIpc) is 3.19. The van der Waals surface area contributed by atoms with Crippen molar-refractivity contribution >= 4 is 33.5 Å². The summed E-state index contributed by atoms with van der Waals surface area (Å²) in [5.41, 5.74) is 8.13. The molecule has 2 N–H and O–H groups in total. The summed E-state index contributed by atoms with van der Waals surface area (Å²) in [6, 6.07) is 8.17. The van der Waals surface area contributed by atoms with Crippen LogP contribution in [0.15, 0.2) is 42.6 Å². The molecule has 4 aromatic rings. The molecule has 170 valence electrons. The average molecular weight is 455 g/mol. The Bertz CT molecular complexity index is 1410. The topological polar surface area (TPSA) is 86.3 Å². The van der Waals surface area contributed by atoms with Gasteiger partial charge in [-0.25, -0.2) is 4.98 Å². The molecule has 0 aliphatic carbocycles. The van der Waals surface area contributed by atoms with E-state index in [2.05, 4.69) is 10.1 Å². The number of fused-ring (bicyclic) bond motifs is 4. The van der Waals surface area contributed by atoms with E-state index in [4.69, 9.17) is 10.5 Å². The van der Waals surface area contributed by atoms with Crippen LogP contribution in [0.2, 0.25) is 0 Å². The van der Waals surface area contributed by atoms with E-state index in [1.807, 2.05) is 0 Å². The maximum atomic E-state index is 13.4. The predicted octanol–water partition coefficient (Wildman–Crippen LogP) is 4.07. The fourth-order valence-electron chi connectivity index (χ4n) is 4.37. The van der Waals surface area contributed by atoms with Gasteiger partial charge in [0.15, 0.2) is 0 Å². The molecule has 2 aromatic carbocycles. The number of aromatic nitrogens is 3. The number of amides is 1. The van der Waals surface area contributed by atoms with Crippen molar-refractivity contribution in [1.82, 2.24) is 19.7 Å². The minimum atomic E-state index is -4.44. The normalized spacial score (nSPS) is 16.2. The van der Waals surface area contributed by atoms with Crippen LogP contribution in [0.4, 0.5) is 19.0 Å². The van der Waals surface area contributed by atoms with Gasteiger partial charge < -0.3 is 15.4 Å². The molecule has 1 atom stereocenters. The van der Waals surface area contributed by atoms with E-state index in [9.17, 15) is 18.0 Å². The van der Waals surface area contributed by atoms with Gasteiger partial charge in [0.05, 0.1) is 36.5 Å². The number of anilines is 1. The molecule has 2 aromatic heterocycles. The number of ether oxygens (including phenoxy) is 1. The highest BCUT2D eigenvalue weighted by atomic mass is 19.4. The number of carbonyl (C=O) groups excluding carboxylic acids is 1. The van der Waals surface area contributed by atoms with Crippen molar-refractivity contribution in [3.8, 4) is 0 Å². The first-order chi connectivity index (χ1) is 15.6. The van der Waals surface area contributed by atoms with Crippen molar-refractivity contribution in [2.45, 2.75) is 18.8 Å². The monoisotopic (exact) mass is 455 g/mol. The van der Waals surface area contributed by atoms with E-state index < -0.39 is 17.8 Å². The van der Waals surface area contributed by atoms with E-state index in [1.54, 1.807) is 43.2 Å². The molecular weight excluding hydrogens is 435 g/mol. The van der Waals surface area contributed by atoms with Gasteiger partial charge in [-0.05, 0) is 41.5 Å². The van der Waals surface area contributed by atoms with E-state index in [0.29, 0.717) is 33.5 Å². The van der Waals surface area contributed by atoms with E-state index in [0.717, 1.165) is 22.9 Å². The molecule has 7 nitrogen and oxygen atoms in total. The summed E-state index contributed by atoms with van der Waals surface area (Å²) in [5, 5.41) is 5.76. The Labute approximate surface area is 186 Å². The first-order valence-corrected chi connectivity index (χ1v) is 10.2. The number of nitrogen functional groups attached to an aromatic ring is 1. The molecule has 0 saturated carbocycles. The highest BCUT2D eigenvalue weighted by Gasteiger charge is 2.34. The lowest BCUT2D eigenvalue weighted by Crippen LogP contribution is -2.36. The van der Waals surface area contributed by atoms with Crippen molar-refractivity contribution < 1.29 is 22.7 Å². The number of nitrogens with two attached hydrogens (primary N) is 1. The van der Waals surface area contributed by atoms with Crippen LogP contribution < -0.4 is 5.73 Å². The third kappa shape index (κ3) is 3.46. The summed E-state index contributed by atoms with van der Waals surface area (Å²) in [6.45, 7) is 0.263. The van der Waals surface area contributed by atoms with Gasteiger partial charge in [0, 0.05) is 30.4 Å². The second-order valence-corrected chi connectivity index (χ2v) is 8.12. The lowest BCUT2D eigenvalue weighted by Gasteiger charge is -2.33. The Kier molecular flexibility index (Phi) is 4.78. The van der Waals surface area contributed by atoms with Crippen LogP contribution in [-0.2, 0) is 24.6 Å². The number of aryl methyl sites for hydroxylation is 1. The smallest absolute Gasteiger partial charge is 0.382 e. The number of nitrogens with zero attached hydrogens (tertiary/aromatic N) is 4. The van der Waals surface area contributed by atoms with Crippen LogP contribution in [0, 0.1) is 0 Å². The number of carbonyl (C=O) groups is 1. The predicted molar refractivity (Wildman–Crippen MR) is 116 cm³/mol. The van der Waals surface area contributed by atoms with Crippen LogP contribution in [-0.4, -0.2) is 39.2 Å². The largest absolute Gasteiger partial charge is 0.416 e. The van der Waals surface area contributed by atoms with Crippen LogP contribution in [0.3, 0.4) is 0 Å². The zero-order chi connectivity index (χ0) is 23.5. The quantitative estimate of drug-likeness (QED) is 0.493. The molecule has 0 radical (unpaired) electrons. The van der Waals surface area contributed by atoms with Gasteiger partial charge in [-0.3, -0.25) is 9.48 Å². The Morgan fingerprint density at radius 3 is 2.76 bits per heavy atom. The molecule has 5 rings (SSSR count). The number of alkyl halides is 3. The van der Waals surface area contributed by atoms with Crippen molar-refractivity contribution in [2.24, 2.45) is 7.05 Å². The summed E-state index contributed by atoms with van der Waals surface area (Å²) in [6.07, 6.45) is -2.76. The van der Waals surface area contributed by atoms with E-state index in [1.165, 1.54) is 11.0 Å². The maximum absolute atomic E-state index is 13.4. The van der Waals surface area contributed by atoms with Gasteiger partial charge in [-0.2, -0.15) is 18.3 Å².